The average Bonchev–Trinajstić information content (AvgIpc) is 2.74. The lowest BCUT2D eigenvalue weighted by atomic mass is 10.2. The predicted octanol–water partition coefficient (Wildman–Crippen LogP) is 4.63. The van der Waals surface area contributed by atoms with Gasteiger partial charge in [-0.3, -0.25) is 4.79 Å². The van der Waals surface area contributed by atoms with E-state index in [9.17, 15) is 9.59 Å². The largest absolute Gasteiger partial charge is 0.457 e. The molecule has 0 fully saturated rings. The Morgan fingerprint density at radius 2 is 1.66 bits per heavy atom. The van der Waals surface area contributed by atoms with E-state index >= 15 is 0 Å². The average molecular weight is 386 g/mol. The molecule has 0 aliphatic rings. The summed E-state index contributed by atoms with van der Waals surface area (Å²) in [5.41, 5.74) is 0.618. The smallest absolute Gasteiger partial charge is 0.338 e. The number of fused-ring (bicyclic) bond motifs is 1. The zero-order valence-corrected chi connectivity index (χ0v) is 15.7. The summed E-state index contributed by atoms with van der Waals surface area (Å²) < 4.78 is 11.3. The molecular formula is C23H18N2O4. The van der Waals surface area contributed by atoms with E-state index in [1.54, 1.807) is 55.5 Å². The molecule has 29 heavy (non-hydrogen) atoms. The highest BCUT2D eigenvalue weighted by Crippen LogP contribution is 2.23. The predicted molar refractivity (Wildman–Crippen MR) is 109 cm³/mol. The van der Waals surface area contributed by atoms with Crippen LogP contribution in [-0.4, -0.2) is 15.9 Å². The van der Waals surface area contributed by atoms with E-state index in [4.69, 9.17) is 9.47 Å². The topological polar surface area (TPSA) is 81.3 Å². The maximum absolute atomic E-state index is 12.6. The Hall–Kier alpha value is -3.93. The highest BCUT2D eigenvalue weighted by Gasteiger charge is 2.17. The highest BCUT2D eigenvalue weighted by atomic mass is 16.5. The summed E-state index contributed by atoms with van der Waals surface area (Å²) in [6, 6.07) is 23.0. The minimum absolute atomic E-state index is 0.272. The van der Waals surface area contributed by atoms with Crippen molar-refractivity contribution in [2.75, 3.05) is 0 Å². The van der Waals surface area contributed by atoms with Crippen LogP contribution in [0.2, 0.25) is 0 Å². The summed E-state index contributed by atoms with van der Waals surface area (Å²) >= 11 is 0. The van der Waals surface area contributed by atoms with Crippen LogP contribution in [0.25, 0.3) is 10.9 Å². The number of nitrogens with one attached hydrogen (secondary N) is 1. The lowest BCUT2D eigenvalue weighted by molar-refractivity contribution is 0.0319. The van der Waals surface area contributed by atoms with E-state index in [-0.39, 0.29) is 5.56 Å². The Bertz CT molecular complexity index is 1220. The molecule has 0 radical (unpaired) electrons. The number of aromatic nitrogens is 2. The molecule has 0 saturated carbocycles. The van der Waals surface area contributed by atoms with Crippen LogP contribution in [-0.2, 0) is 4.74 Å². The molecule has 1 aromatic heterocycles. The van der Waals surface area contributed by atoms with Crippen LogP contribution in [0.1, 0.15) is 29.2 Å². The van der Waals surface area contributed by atoms with Crippen molar-refractivity contribution in [3.8, 4) is 11.5 Å². The molecule has 0 aliphatic heterocycles. The molecule has 1 atom stereocenters. The molecular weight excluding hydrogens is 368 g/mol. The summed E-state index contributed by atoms with van der Waals surface area (Å²) in [5.74, 6) is 0.949. The molecule has 0 spiro atoms. The van der Waals surface area contributed by atoms with Crippen LogP contribution >= 0.6 is 0 Å². The Morgan fingerprint density at radius 3 is 2.48 bits per heavy atom. The van der Waals surface area contributed by atoms with Crippen LogP contribution in [0.15, 0.2) is 83.7 Å². The van der Waals surface area contributed by atoms with Crippen molar-refractivity contribution >= 4 is 16.9 Å². The van der Waals surface area contributed by atoms with Gasteiger partial charge < -0.3 is 14.5 Å². The fourth-order valence-corrected chi connectivity index (χ4v) is 2.89. The second kappa shape index (κ2) is 7.98. The third-order valence-electron chi connectivity index (χ3n) is 4.35. The monoisotopic (exact) mass is 386 g/mol. The van der Waals surface area contributed by atoms with E-state index < -0.39 is 12.1 Å². The van der Waals surface area contributed by atoms with Gasteiger partial charge in [-0.25, -0.2) is 9.78 Å². The summed E-state index contributed by atoms with van der Waals surface area (Å²) in [6.45, 7) is 1.66. The quantitative estimate of drug-likeness (QED) is 0.506. The number of para-hydroxylation sites is 2. The summed E-state index contributed by atoms with van der Waals surface area (Å²) in [6.07, 6.45) is -0.724. The third-order valence-corrected chi connectivity index (χ3v) is 4.35. The molecule has 0 bridgehead atoms. The van der Waals surface area contributed by atoms with Gasteiger partial charge >= 0.3 is 5.97 Å². The second-order valence-corrected chi connectivity index (χ2v) is 6.46. The Labute approximate surface area is 166 Å². The number of rotatable bonds is 5. The molecule has 144 valence electrons. The minimum Gasteiger partial charge on any atom is -0.457 e. The van der Waals surface area contributed by atoms with E-state index in [1.807, 2.05) is 30.3 Å². The van der Waals surface area contributed by atoms with Gasteiger partial charge in [0.1, 0.15) is 11.5 Å². The molecule has 0 unspecified atom stereocenters. The molecule has 0 amide bonds. The third kappa shape index (κ3) is 4.16. The molecule has 6 heteroatoms. The van der Waals surface area contributed by atoms with E-state index in [2.05, 4.69) is 9.97 Å². The lowest BCUT2D eigenvalue weighted by Gasteiger charge is -2.13. The summed E-state index contributed by atoms with van der Waals surface area (Å²) in [7, 11) is 0. The number of aromatic amines is 1. The highest BCUT2D eigenvalue weighted by molar-refractivity contribution is 5.90. The number of hydrogen-bond acceptors (Lipinski definition) is 5. The molecule has 6 nitrogen and oxygen atoms in total. The van der Waals surface area contributed by atoms with Gasteiger partial charge in [0.25, 0.3) is 5.56 Å². The van der Waals surface area contributed by atoms with Gasteiger partial charge in [0.2, 0.25) is 0 Å². The summed E-state index contributed by atoms with van der Waals surface area (Å²) in [5, 5.41) is 0.487. The summed E-state index contributed by atoms with van der Waals surface area (Å²) in [4.78, 5) is 31.9. The van der Waals surface area contributed by atoms with Gasteiger partial charge in [-0.15, -0.1) is 0 Å². The minimum atomic E-state index is -0.724. The zero-order chi connectivity index (χ0) is 20.2. The number of carbonyl (C=O) groups excluding carboxylic acids is 1. The van der Waals surface area contributed by atoms with Crippen molar-refractivity contribution < 1.29 is 14.3 Å². The number of H-pyrrole nitrogens is 1. The van der Waals surface area contributed by atoms with Crippen molar-refractivity contribution in [1.82, 2.24) is 9.97 Å². The molecule has 1 heterocycles. The Kier molecular flexibility index (Phi) is 5.07. The van der Waals surface area contributed by atoms with Gasteiger partial charge in [0.15, 0.2) is 11.9 Å². The van der Waals surface area contributed by atoms with Gasteiger partial charge in [-0.2, -0.15) is 0 Å². The zero-order valence-electron chi connectivity index (χ0n) is 15.7. The number of nitrogens with zero attached hydrogens (tertiary/aromatic N) is 1. The second-order valence-electron chi connectivity index (χ2n) is 6.46. The standard InChI is InChI=1S/C23H18N2O4/c1-15(21-24-20-13-6-5-12-19(20)22(26)25-21)28-23(27)16-8-7-11-18(14-16)29-17-9-3-2-4-10-17/h2-15H,1H3,(H,24,25,26)/t15-/m1/s1. The Balaban J connectivity index is 1.52. The maximum atomic E-state index is 12.6. The van der Waals surface area contributed by atoms with Crippen LogP contribution in [0.5, 0.6) is 11.5 Å². The van der Waals surface area contributed by atoms with Gasteiger partial charge in [-0.1, -0.05) is 36.4 Å². The van der Waals surface area contributed by atoms with Crippen molar-refractivity contribution in [2.45, 2.75) is 13.0 Å². The number of ether oxygens (including phenoxy) is 2. The van der Waals surface area contributed by atoms with Crippen LogP contribution in [0.4, 0.5) is 0 Å². The number of hydrogen-bond donors (Lipinski definition) is 1. The maximum Gasteiger partial charge on any atom is 0.338 e. The van der Waals surface area contributed by atoms with Crippen molar-refractivity contribution in [2.24, 2.45) is 0 Å². The first-order valence-corrected chi connectivity index (χ1v) is 9.13. The van der Waals surface area contributed by atoms with Gasteiger partial charge in [-0.05, 0) is 49.4 Å². The first-order chi connectivity index (χ1) is 14.1. The molecule has 4 aromatic rings. The van der Waals surface area contributed by atoms with Crippen LogP contribution in [0, 0.1) is 0 Å². The fraction of sp³-hybridized carbons (Fsp3) is 0.0870. The molecule has 0 saturated heterocycles. The molecule has 0 aliphatic carbocycles. The van der Waals surface area contributed by atoms with Gasteiger partial charge in [0, 0.05) is 0 Å². The van der Waals surface area contributed by atoms with Gasteiger partial charge in [0.05, 0.1) is 16.5 Å². The fourth-order valence-electron chi connectivity index (χ4n) is 2.89. The van der Waals surface area contributed by atoms with Crippen molar-refractivity contribution in [3.05, 3.63) is 101 Å². The first-order valence-electron chi connectivity index (χ1n) is 9.13. The molecule has 4 rings (SSSR count). The number of esters is 1. The number of carbonyl (C=O) groups is 1. The first kappa shape index (κ1) is 18.4. The van der Waals surface area contributed by atoms with Crippen molar-refractivity contribution in [1.29, 1.82) is 0 Å². The lowest BCUT2D eigenvalue weighted by Crippen LogP contribution is -2.17. The Morgan fingerprint density at radius 1 is 0.931 bits per heavy atom. The number of benzene rings is 3. The SMILES string of the molecule is C[C@@H](OC(=O)c1cccc(Oc2ccccc2)c1)c1nc2ccccc2c(=O)[nH]1. The van der Waals surface area contributed by atoms with Crippen LogP contribution in [0.3, 0.4) is 0 Å². The molecule has 3 aromatic carbocycles. The van der Waals surface area contributed by atoms with Crippen LogP contribution < -0.4 is 10.3 Å². The van der Waals surface area contributed by atoms with E-state index in [0.29, 0.717) is 33.8 Å². The normalized spacial score (nSPS) is 11.8. The molecule has 1 N–H and O–H groups in total. The van der Waals surface area contributed by atoms with E-state index in [0.717, 1.165) is 0 Å². The van der Waals surface area contributed by atoms with Crippen molar-refractivity contribution in [3.63, 3.8) is 0 Å². The van der Waals surface area contributed by atoms with E-state index in [1.165, 1.54) is 0 Å².